The zero-order valence-corrected chi connectivity index (χ0v) is 15.4. The number of piperidine rings is 1. The van der Waals surface area contributed by atoms with E-state index in [1.165, 1.54) is 6.07 Å². The van der Waals surface area contributed by atoms with Crippen LogP contribution in [0, 0.1) is 11.7 Å². The van der Waals surface area contributed by atoms with Gasteiger partial charge in [0.25, 0.3) is 0 Å². The van der Waals surface area contributed by atoms with Crippen molar-refractivity contribution in [1.29, 1.82) is 0 Å². The Balaban J connectivity index is 1.57. The molecule has 7 heteroatoms. The molecule has 0 unspecified atom stereocenters. The van der Waals surface area contributed by atoms with E-state index in [2.05, 4.69) is 21.9 Å². The van der Waals surface area contributed by atoms with Gasteiger partial charge in [0, 0.05) is 30.5 Å². The molecule has 2 aliphatic heterocycles. The first-order chi connectivity index (χ1) is 13.7. The molecule has 1 saturated heterocycles. The number of hydrogen-bond donors (Lipinski definition) is 1. The van der Waals surface area contributed by atoms with E-state index in [0.29, 0.717) is 19.1 Å². The molecule has 1 spiro atoms. The zero-order chi connectivity index (χ0) is 18.9. The fourth-order valence-corrected chi connectivity index (χ4v) is 4.91. The summed E-state index contributed by atoms with van der Waals surface area (Å²) in [4.78, 5) is 7.26. The van der Waals surface area contributed by atoms with Gasteiger partial charge < -0.3 is 15.0 Å². The maximum absolute atomic E-state index is 14.2. The van der Waals surface area contributed by atoms with Crippen molar-refractivity contribution in [2.24, 2.45) is 5.92 Å². The van der Waals surface area contributed by atoms with Crippen LogP contribution in [0.3, 0.4) is 0 Å². The summed E-state index contributed by atoms with van der Waals surface area (Å²) in [7, 11) is 0. The summed E-state index contributed by atoms with van der Waals surface area (Å²) in [6.45, 7) is 6.09. The fraction of sp³-hybridized carbons (Fsp3) is 0.333. The topological polar surface area (TPSA) is 54.7 Å². The highest BCUT2D eigenvalue weighted by Crippen LogP contribution is 2.64. The number of benzene rings is 1. The molecule has 2 bridgehead atoms. The van der Waals surface area contributed by atoms with Crippen LogP contribution >= 0.6 is 0 Å². The van der Waals surface area contributed by atoms with Gasteiger partial charge in [0.2, 0.25) is 0 Å². The lowest BCUT2D eigenvalue weighted by molar-refractivity contribution is 0.314. The largest absolute Gasteiger partial charge is 0.491 e. The number of hydrogen-bond acceptors (Lipinski definition) is 5. The Morgan fingerprint density at radius 3 is 3.14 bits per heavy atom. The van der Waals surface area contributed by atoms with Crippen molar-refractivity contribution < 1.29 is 9.13 Å². The Hall–Kier alpha value is -3.09. The minimum atomic E-state index is -0.235. The standard InChI is InChI=1S/C21H20FN5O/c1-13-16-12-24-27-8-5-19(25-20(16)27)26-7-4-14-11-21(14,26)17-10-15(22)2-3-18(17)28-9-6-23-13/h2-3,5,8,10,12,14,23H,1,4,6-7,9,11H2/t14-,21+/m0/s1. The van der Waals surface area contributed by atoms with Crippen molar-refractivity contribution in [3.63, 3.8) is 0 Å². The van der Waals surface area contributed by atoms with Crippen molar-refractivity contribution in [3.05, 3.63) is 60.2 Å². The molecule has 3 aliphatic rings. The molecular formula is C21H20FN5O. The van der Waals surface area contributed by atoms with Gasteiger partial charge in [-0.25, -0.2) is 13.9 Å². The van der Waals surface area contributed by atoms with E-state index in [1.54, 1.807) is 22.8 Å². The van der Waals surface area contributed by atoms with Crippen molar-refractivity contribution in [1.82, 2.24) is 19.9 Å². The quantitative estimate of drug-likeness (QED) is 0.653. The van der Waals surface area contributed by atoms with Gasteiger partial charge in [-0.2, -0.15) is 5.10 Å². The molecule has 0 amide bonds. The number of rotatable bonds is 0. The van der Waals surface area contributed by atoms with Crippen LogP contribution in [-0.4, -0.2) is 34.3 Å². The maximum atomic E-state index is 14.2. The van der Waals surface area contributed by atoms with Gasteiger partial charge in [0.15, 0.2) is 5.65 Å². The summed E-state index contributed by atoms with van der Waals surface area (Å²) in [5.74, 6) is 1.91. The third-order valence-electron chi connectivity index (χ3n) is 6.32. The lowest BCUT2D eigenvalue weighted by Crippen LogP contribution is -2.34. The summed E-state index contributed by atoms with van der Waals surface area (Å²) in [5.41, 5.74) is 3.12. The van der Waals surface area contributed by atoms with E-state index in [1.807, 2.05) is 12.3 Å². The van der Waals surface area contributed by atoms with Crippen LogP contribution in [0.25, 0.3) is 11.3 Å². The van der Waals surface area contributed by atoms with Crippen molar-refractivity contribution in [2.45, 2.75) is 18.4 Å². The van der Waals surface area contributed by atoms with E-state index in [4.69, 9.17) is 9.72 Å². The average molecular weight is 377 g/mol. The van der Waals surface area contributed by atoms with E-state index in [-0.39, 0.29) is 11.4 Å². The first-order valence-corrected chi connectivity index (χ1v) is 9.65. The Kier molecular flexibility index (Phi) is 3.11. The van der Waals surface area contributed by atoms with Crippen LogP contribution in [0.5, 0.6) is 5.75 Å². The molecule has 142 valence electrons. The lowest BCUT2D eigenvalue weighted by Gasteiger charge is -2.31. The molecule has 3 aromatic rings. The lowest BCUT2D eigenvalue weighted by atomic mass is 10.0. The number of fused-ring (bicyclic) bond motifs is 3. The predicted molar refractivity (Wildman–Crippen MR) is 104 cm³/mol. The minimum Gasteiger partial charge on any atom is -0.491 e. The number of halogens is 1. The molecule has 1 aromatic carbocycles. The molecule has 1 saturated carbocycles. The molecule has 2 fully saturated rings. The second kappa shape index (κ2) is 5.47. The number of anilines is 1. The van der Waals surface area contributed by atoms with E-state index < -0.39 is 0 Å². The Labute approximate surface area is 161 Å². The summed E-state index contributed by atoms with van der Waals surface area (Å²) in [6.07, 6.45) is 5.78. The Morgan fingerprint density at radius 1 is 1.32 bits per heavy atom. The molecule has 28 heavy (non-hydrogen) atoms. The number of aromatic nitrogens is 3. The zero-order valence-electron chi connectivity index (χ0n) is 15.4. The van der Waals surface area contributed by atoms with Gasteiger partial charge in [-0.1, -0.05) is 6.58 Å². The summed E-state index contributed by atoms with van der Waals surface area (Å²) in [5, 5.41) is 7.69. The third kappa shape index (κ3) is 2.07. The second-order valence-corrected chi connectivity index (χ2v) is 7.77. The molecule has 2 atom stereocenters. The monoisotopic (exact) mass is 377 g/mol. The van der Waals surface area contributed by atoms with Gasteiger partial charge in [0.05, 0.1) is 17.3 Å². The predicted octanol–water partition coefficient (Wildman–Crippen LogP) is 2.95. The highest BCUT2D eigenvalue weighted by atomic mass is 19.1. The highest BCUT2D eigenvalue weighted by Gasteiger charge is 2.64. The molecule has 0 radical (unpaired) electrons. The molecule has 6 nitrogen and oxygen atoms in total. The first kappa shape index (κ1) is 15.9. The molecule has 2 aromatic heterocycles. The third-order valence-corrected chi connectivity index (χ3v) is 6.32. The second-order valence-electron chi connectivity index (χ2n) is 7.77. The molecule has 1 aliphatic carbocycles. The summed E-state index contributed by atoms with van der Waals surface area (Å²) >= 11 is 0. The maximum Gasteiger partial charge on any atom is 0.166 e. The molecular weight excluding hydrogens is 357 g/mol. The van der Waals surface area contributed by atoms with Gasteiger partial charge in [-0.05, 0) is 43.0 Å². The molecule has 1 N–H and O–H groups in total. The van der Waals surface area contributed by atoms with Crippen LogP contribution in [0.1, 0.15) is 24.0 Å². The van der Waals surface area contributed by atoms with Crippen LogP contribution in [-0.2, 0) is 5.54 Å². The molecule has 6 rings (SSSR count). The van der Waals surface area contributed by atoms with E-state index in [9.17, 15) is 4.39 Å². The van der Waals surface area contributed by atoms with Crippen molar-refractivity contribution in [3.8, 4) is 5.75 Å². The number of nitrogens with one attached hydrogen (secondary N) is 1. The summed E-state index contributed by atoms with van der Waals surface area (Å²) < 4.78 is 22.1. The smallest absolute Gasteiger partial charge is 0.166 e. The first-order valence-electron chi connectivity index (χ1n) is 9.65. The van der Waals surface area contributed by atoms with Crippen LogP contribution in [0.2, 0.25) is 0 Å². The van der Waals surface area contributed by atoms with Gasteiger partial charge >= 0.3 is 0 Å². The summed E-state index contributed by atoms with van der Waals surface area (Å²) in [6, 6.07) is 6.86. The number of ether oxygens (including phenoxy) is 1. The highest BCUT2D eigenvalue weighted by molar-refractivity contribution is 5.74. The van der Waals surface area contributed by atoms with Gasteiger partial charge in [-0.15, -0.1) is 0 Å². The van der Waals surface area contributed by atoms with Crippen LogP contribution < -0.4 is 15.0 Å². The van der Waals surface area contributed by atoms with Crippen LogP contribution in [0.4, 0.5) is 10.2 Å². The fourth-order valence-electron chi connectivity index (χ4n) is 4.91. The average Bonchev–Trinajstić information content (AvgIpc) is 3.08. The SMILES string of the molecule is C=C1NCCOc2ccc(F)cc2[C@@]23C[C@@H]2CCN3c2ccn3ncc1c3n2. The number of nitrogens with zero attached hydrogens (tertiary/aromatic N) is 4. The van der Waals surface area contributed by atoms with E-state index in [0.717, 1.165) is 53.4 Å². The van der Waals surface area contributed by atoms with Crippen LogP contribution in [0.15, 0.2) is 43.2 Å². The van der Waals surface area contributed by atoms with Crippen molar-refractivity contribution in [2.75, 3.05) is 24.6 Å². The van der Waals surface area contributed by atoms with Gasteiger partial charge in [-0.3, -0.25) is 0 Å². The molecule has 4 heterocycles. The Morgan fingerprint density at radius 2 is 2.25 bits per heavy atom. The van der Waals surface area contributed by atoms with Gasteiger partial charge in [0.1, 0.15) is 24.0 Å². The van der Waals surface area contributed by atoms with Crippen molar-refractivity contribution >= 4 is 17.2 Å². The van der Waals surface area contributed by atoms with E-state index >= 15 is 0 Å². The Bertz CT molecular complexity index is 1130. The normalized spacial score (nSPS) is 25.7. The minimum absolute atomic E-state index is 0.230.